The minimum absolute atomic E-state index is 0.0266. The Kier molecular flexibility index (Phi) is 8.03. The Bertz CT molecular complexity index is 1540. The van der Waals surface area contributed by atoms with Crippen molar-refractivity contribution in [2.75, 3.05) is 13.2 Å². The van der Waals surface area contributed by atoms with Crippen LogP contribution in [0.15, 0.2) is 70.6 Å². The number of aromatic hydroxyl groups is 1. The predicted octanol–water partition coefficient (Wildman–Crippen LogP) is 2.22. The number of H-pyrrole nitrogens is 1. The number of imidazole rings is 1. The van der Waals surface area contributed by atoms with Gasteiger partial charge in [-0.2, -0.15) is 0 Å². The van der Waals surface area contributed by atoms with E-state index in [4.69, 9.17) is 5.11 Å². The molecule has 2 aromatic heterocycles. The van der Waals surface area contributed by atoms with Gasteiger partial charge in [-0.15, -0.1) is 0 Å². The third kappa shape index (κ3) is 6.06. The lowest BCUT2D eigenvalue weighted by atomic mass is 10.1. The number of nitrogens with zero attached hydrogens (tertiary/aromatic N) is 3. The molecule has 0 unspecified atom stereocenters. The van der Waals surface area contributed by atoms with Crippen molar-refractivity contribution in [3.05, 3.63) is 104 Å². The van der Waals surface area contributed by atoms with E-state index in [0.29, 0.717) is 18.8 Å². The van der Waals surface area contributed by atoms with Gasteiger partial charge < -0.3 is 20.5 Å². The Morgan fingerprint density at radius 3 is 2.30 bits per heavy atom. The van der Waals surface area contributed by atoms with E-state index in [1.807, 2.05) is 62.4 Å². The van der Waals surface area contributed by atoms with Crippen molar-refractivity contribution in [3.8, 4) is 28.8 Å². The first-order chi connectivity index (χ1) is 17.9. The molecule has 0 aliphatic rings. The molecule has 0 fully saturated rings. The van der Waals surface area contributed by atoms with Crippen LogP contribution >= 0.6 is 0 Å². The van der Waals surface area contributed by atoms with Crippen LogP contribution in [0.2, 0.25) is 0 Å². The Morgan fingerprint density at radius 1 is 1.03 bits per heavy atom. The van der Waals surface area contributed by atoms with Crippen molar-refractivity contribution in [2.24, 2.45) is 0 Å². The molecule has 0 aliphatic heterocycles. The lowest BCUT2D eigenvalue weighted by molar-refractivity contribution is 0.292. The fourth-order valence-electron chi connectivity index (χ4n) is 3.93. The average molecular weight is 500 g/mol. The van der Waals surface area contributed by atoms with E-state index in [1.165, 1.54) is 10.9 Å². The van der Waals surface area contributed by atoms with Crippen molar-refractivity contribution in [1.29, 1.82) is 0 Å². The van der Waals surface area contributed by atoms with Gasteiger partial charge in [-0.05, 0) is 49.2 Å². The normalized spacial score (nSPS) is 10.9. The molecule has 2 aromatic carbocycles. The van der Waals surface area contributed by atoms with Crippen LogP contribution in [0.3, 0.4) is 0 Å². The van der Waals surface area contributed by atoms with E-state index >= 15 is 0 Å². The Labute approximate surface area is 214 Å². The molecule has 0 atom stereocenters. The molecule has 9 heteroatoms. The number of rotatable bonds is 8. The van der Waals surface area contributed by atoms with Gasteiger partial charge in [-0.25, -0.2) is 9.78 Å². The van der Waals surface area contributed by atoms with E-state index in [9.17, 15) is 14.7 Å². The van der Waals surface area contributed by atoms with Crippen LogP contribution in [0.1, 0.15) is 42.3 Å². The zero-order chi connectivity index (χ0) is 26.4. The maximum Gasteiger partial charge on any atom is 0.329 e. The molecule has 0 bridgehead atoms. The van der Waals surface area contributed by atoms with Gasteiger partial charge in [0.05, 0.1) is 25.2 Å². The molecule has 0 spiro atoms. The van der Waals surface area contributed by atoms with Gasteiger partial charge in [-0.3, -0.25) is 13.9 Å². The number of aliphatic hydroxyl groups excluding tert-OH is 1. The number of benzene rings is 2. The van der Waals surface area contributed by atoms with Crippen LogP contribution in [0.4, 0.5) is 0 Å². The summed E-state index contributed by atoms with van der Waals surface area (Å²) in [5.41, 5.74) is 3.64. The molecule has 0 saturated carbocycles. The standard InChI is InChI=1S/C28H29N5O4/c1-19(2)33-25(17-32(28(33)37)16-24-26(35)27(36)31-18-30-24)23-11-9-21(10-12-23)4-3-20-5-7-22(8-6-20)15-29-13-14-34/h5-12,17-19,29,34-35H,13-16H2,1-2H3,(H,30,31,36). The van der Waals surface area contributed by atoms with Crippen LogP contribution in [0, 0.1) is 11.8 Å². The number of nitrogens with one attached hydrogen (secondary N) is 2. The zero-order valence-electron chi connectivity index (χ0n) is 20.7. The lowest BCUT2D eigenvalue weighted by Crippen LogP contribution is -2.27. The highest BCUT2D eigenvalue weighted by atomic mass is 16.3. The average Bonchev–Trinajstić information content (AvgIpc) is 3.22. The van der Waals surface area contributed by atoms with E-state index in [0.717, 1.165) is 22.3 Å². The van der Waals surface area contributed by atoms with Crippen LogP contribution < -0.4 is 16.6 Å². The number of aliphatic hydroxyl groups is 1. The molecule has 2 heterocycles. The summed E-state index contributed by atoms with van der Waals surface area (Å²) in [5, 5.41) is 22.0. The summed E-state index contributed by atoms with van der Waals surface area (Å²) in [6.45, 7) is 5.19. The lowest BCUT2D eigenvalue weighted by Gasteiger charge is -2.10. The summed E-state index contributed by atoms with van der Waals surface area (Å²) in [6, 6.07) is 15.5. The molecule has 4 N–H and O–H groups in total. The minimum atomic E-state index is -0.649. The molecular weight excluding hydrogens is 470 g/mol. The Balaban J connectivity index is 1.55. The van der Waals surface area contributed by atoms with Crippen molar-refractivity contribution < 1.29 is 10.2 Å². The molecule has 4 rings (SSSR count). The molecule has 0 aliphatic carbocycles. The Morgan fingerprint density at radius 2 is 1.68 bits per heavy atom. The van der Waals surface area contributed by atoms with Gasteiger partial charge >= 0.3 is 5.69 Å². The topological polar surface area (TPSA) is 125 Å². The highest BCUT2D eigenvalue weighted by Gasteiger charge is 2.17. The van der Waals surface area contributed by atoms with Crippen molar-refractivity contribution >= 4 is 0 Å². The van der Waals surface area contributed by atoms with Crippen LogP contribution in [0.5, 0.6) is 5.75 Å². The van der Waals surface area contributed by atoms with E-state index < -0.39 is 11.3 Å². The van der Waals surface area contributed by atoms with Crippen molar-refractivity contribution in [1.82, 2.24) is 24.4 Å². The Hall–Kier alpha value is -4.39. The van der Waals surface area contributed by atoms with Gasteiger partial charge in [0, 0.05) is 36.5 Å². The highest BCUT2D eigenvalue weighted by molar-refractivity contribution is 5.61. The van der Waals surface area contributed by atoms with E-state index in [-0.39, 0.29) is 30.6 Å². The van der Waals surface area contributed by atoms with Gasteiger partial charge in [0.25, 0.3) is 5.56 Å². The third-order valence-electron chi connectivity index (χ3n) is 5.83. The highest BCUT2D eigenvalue weighted by Crippen LogP contribution is 2.22. The minimum Gasteiger partial charge on any atom is -0.502 e. The first kappa shape index (κ1) is 25.7. The molecule has 37 heavy (non-hydrogen) atoms. The molecule has 9 nitrogen and oxygen atoms in total. The number of hydrogen-bond donors (Lipinski definition) is 4. The van der Waals surface area contributed by atoms with Crippen LogP contribution in [-0.4, -0.2) is 42.5 Å². The molecule has 4 aromatic rings. The van der Waals surface area contributed by atoms with Crippen LogP contribution in [0.25, 0.3) is 11.3 Å². The predicted molar refractivity (Wildman–Crippen MR) is 141 cm³/mol. The van der Waals surface area contributed by atoms with E-state index in [1.54, 1.807) is 10.8 Å². The molecule has 0 radical (unpaired) electrons. The maximum absolute atomic E-state index is 13.1. The second-order valence-corrected chi connectivity index (χ2v) is 8.84. The monoisotopic (exact) mass is 499 g/mol. The summed E-state index contributed by atoms with van der Waals surface area (Å²) >= 11 is 0. The fraction of sp³-hybridized carbons (Fsp3) is 0.250. The van der Waals surface area contributed by atoms with Crippen molar-refractivity contribution in [2.45, 2.75) is 33.0 Å². The van der Waals surface area contributed by atoms with E-state index in [2.05, 4.69) is 27.1 Å². The summed E-state index contributed by atoms with van der Waals surface area (Å²) in [7, 11) is 0. The van der Waals surface area contributed by atoms with Gasteiger partial charge in [0.15, 0.2) is 0 Å². The van der Waals surface area contributed by atoms with Crippen molar-refractivity contribution in [3.63, 3.8) is 0 Å². The largest absolute Gasteiger partial charge is 0.502 e. The molecule has 0 saturated heterocycles. The first-order valence-electron chi connectivity index (χ1n) is 12.0. The fourth-order valence-corrected chi connectivity index (χ4v) is 3.93. The molecule has 190 valence electrons. The third-order valence-corrected chi connectivity index (χ3v) is 5.83. The summed E-state index contributed by atoms with van der Waals surface area (Å²) in [6.07, 6.45) is 2.91. The number of aromatic nitrogens is 4. The maximum atomic E-state index is 13.1. The molecule has 0 amide bonds. The SMILES string of the molecule is CC(C)n1c(-c2ccc(C#Cc3ccc(CNCCO)cc3)cc2)cn(Cc2nc[nH]c(=O)c2O)c1=O. The second-order valence-electron chi connectivity index (χ2n) is 8.84. The number of aromatic amines is 1. The second kappa shape index (κ2) is 11.6. The first-order valence-corrected chi connectivity index (χ1v) is 12.0. The van der Waals surface area contributed by atoms with Crippen LogP contribution in [-0.2, 0) is 13.1 Å². The number of hydrogen-bond acceptors (Lipinski definition) is 6. The summed E-state index contributed by atoms with van der Waals surface area (Å²) < 4.78 is 3.11. The van der Waals surface area contributed by atoms with Gasteiger partial charge in [0.2, 0.25) is 5.75 Å². The van der Waals surface area contributed by atoms with Gasteiger partial charge in [-0.1, -0.05) is 36.1 Å². The smallest absolute Gasteiger partial charge is 0.329 e. The summed E-state index contributed by atoms with van der Waals surface area (Å²) in [5.74, 6) is 5.84. The zero-order valence-corrected chi connectivity index (χ0v) is 20.7. The quantitative estimate of drug-likeness (QED) is 0.218. The molecular formula is C28H29N5O4. The van der Waals surface area contributed by atoms with Gasteiger partial charge in [0.1, 0.15) is 5.69 Å². The summed E-state index contributed by atoms with van der Waals surface area (Å²) in [4.78, 5) is 31.1.